The van der Waals surface area contributed by atoms with Crippen LogP contribution in [0, 0.1) is 17.3 Å². The Morgan fingerprint density at radius 1 is 0.667 bits per heavy atom. The topological polar surface area (TPSA) is 149 Å². The lowest BCUT2D eigenvalue weighted by atomic mass is 9.56. The summed E-state index contributed by atoms with van der Waals surface area (Å²) in [5.74, 6) is -2.35. The fraction of sp³-hybridized carbons (Fsp3) is 0.462. The Morgan fingerprint density at radius 3 is 1.97 bits per heavy atom. The van der Waals surface area contributed by atoms with Crippen molar-refractivity contribution < 1.29 is 52.5 Å². The first-order chi connectivity index (χ1) is 29.8. The zero-order chi connectivity index (χ0) is 46.2. The molecule has 0 amide bonds. The number of ether oxygens (including phenoxy) is 5. The van der Waals surface area contributed by atoms with E-state index in [4.69, 9.17) is 23.7 Å². The predicted molar refractivity (Wildman–Crippen MR) is 239 cm³/mol. The molecule has 0 aliphatic heterocycles. The van der Waals surface area contributed by atoms with Crippen LogP contribution in [0.4, 0.5) is 0 Å². The van der Waals surface area contributed by atoms with Gasteiger partial charge in [-0.25, -0.2) is 0 Å². The lowest BCUT2D eigenvalue weighted by molar-refractivity contribution is -0.144. The minimum absolute atomic E-state index is 0.165. The Kier molecular flexibility index (Phi) is 16.1. The highest BCUT2D eigenvalue weighted by molar-refractivity contribution is 5.74. The van der Waals surface area contributed by atoms with Gasteiger partial charge in [-0.05, 0) is 140 Å². The maximum Gasteiger partial charge on any atom is 0.308 e. The molecule has 0 unspecified atom stereocenters. The van der Waals surface area contributed by atoms with E-state index in [0.29, 0.717) is 91.5 Å². The van der Waals surface area contributed by atoms with Crippen molar-refractivity contribution in [2.24, 2.45) is 17.3 Å². The zero-order valence-electron chi connectivity index (χ0n) is 38.3. The van der Waals surface area contributed by atoms with Crippen LogP contribution >= 0.6 is 0 Å². The predicted octanol–water partition coefficient (Wildman–Crippen LogP) is 10.8. The van der Waals surface area contributed by atoms with Crippen LogP contribution in [-0.4, -0.2) is 36.1 Å². The fourth-order valence-corrected chi connectivity index (χ4v) is 9.60. The highest BCUT2D eigenvalue weighted by atomic mass is 16.6. The van der Waals surface area contributed by atoms with E-state index < -0.39 is 41.4 Å². The molecule has 63 heavy (non-hydrogen) atoms. The SMILES string of the molecule is C=C(C)[C@@H]1CC/C(C)=C/CC[C@]2(C=O)[C@@H](CC3=C[C@H]2C/C(C)=C\[C@H](OC(C)=O)c2cc(OC(C)=O)c(cc2OC(C)=O)C/C(C)=C\CC3)Cc2cc(OC(C)=O)cc1c2OC(C)=O. The van der Waals surface area contributed by atoms with Gasteiger partial charge in [0.05, 0.1) is 0 Å². The zero-order valence-corrected chi connectivity index (χ0v) is 38.3. The van der Waals surface area contributed by atoms with Gasteiger partial charge in [0.15, 0.2) is 0 Å². The van der Waals surface area contributed by atoms with Gasteiger partial charge in [-0.15, -0.1) is 0 Å². The average molecular weight is 863 g/mol. The molecule has 0 fully saturated rings. The van der Waals surface area contributed by atoms with Crippen molar-refractivity contribution in [1.82, 2.24) is 0 Å². The molecule has 0 radical (unpaired) electrons. The third-order valence-electron chi connectivity index (χ3n) is 12.3. The van der Waals surface area contributed by atoms with Crippen molar-refractivity contribution in [2.45, 2.75) is 139 Å². The molecule has 0 spiro atoms. The van der Waals surface area contributed by atoms with Crippen molar-refractivity contribution >= 4 is 36.1 Å². The molecule has 11 heteroatoms. The van der Waals surface area contributed by atoms with Crippen LogP contribution in [0.2, 0.25) is 0 Å². The monoisotopic (exact) mass is 862 g/mol. The third kappa shape index (κ3) is 12.4. The van der Waals surface area contributed by atoms with E-state index in [9.17, 15) is 28.8 Å². The normalized spacial score (nSPS) is 25.4. The molecule has 0 heterocycles. The van der Waals surface area contributed by atoms with E-state index in [1.54, 1.807) is 30.3 Å². The van der Waals surface area contributed by atoms with E-state index in [-0.39, 0.29) is 29.3 Å². The van der Waals surface area contributed by atoms with Gasteiger partial charge < -0.3 is 28.5 Å². The second-order valence-corrected chi connectivity index (χ2v) is 17.7. The van der Waals surface area contributed by atoms with Gasteiger partial charge in [-0.3, -0.25) is 24.0 Å². The quantitative estimate of drug-likeness (QED) is 0.113. The Morgan fingerprint density at radius 2 is 1.33 bits per heavy atom. The summed E-state index contributed by atoms with van der Waals surface area (Å²) in [5, 5.41) is 0. The first kappa shape index (κ1) is 48.2. The van der Waals surface area contributed by atoms with Crippen LogP contribution in [0.5, 0.6) is 23.0 Å². The van der Waals surface area contributed by atoms with Crippen LogP contribution in [0.3, 0.4) is 0 Å². The van der Waals surface area contributed by atoms with Crippen molar-refractivity contribution in [3.05, 3.63) is 105 Å². The number of hydrogen-bond acceptors (Lipinski definition) is 11. The number of rotatable bonds is 7. The number of aldehydes is 1. The molecule has 4 aliphatic rings. The highest BCUT2D eigenvalue weighted by Crippen LogP contribution is 2.53. The molecule has 2 aromatic rings. The average Bonchev–Trinajstić information content (AvgIpc) is 3.16. The minimum Gasteiger partial charge on any atom is -0.453 e. The summed E-state index contributed by atoms with van der Waals surface area (Å²) >= 11 is 0. The van der Waals surface area contributed by atoms with E-state index in [0.717, 1.165) is 35.0 Å². The molecule has 336 valence electrons. The standard InChI is InChI=1S/C52H62O11/c1-30(2)45-17-16-31(3)14-12-18-52(29-53)42-20-33(5)21-49(61-36(8)56)47-28-48(60-35(7)55)40(26-50(47)62-37(9)57)19-32(4)13-11-15-39(22-42)23-43(52)24-41-25-44(59-34(6)54)27-46(45)51(41)63-38(10)58/h13-14,21-22,25-29,42-43,45,49H,1,11-12,15-20,23-24H2,2-10H3/b31-14+,32-13-,33-21-/t42-,43+,45+,49+,52-/m1/s1. The Bertz CT molecular complexity index is 2290. The van der Waals surface area contributed by atoms with Crippen LogP contribution in [0.25, 0.3) is 0 Å². The maximum atomic E-state index is 14.2. The van der Waals surface area contributed by atoms with Crippen LogP contribution in [-0.2, 0) is 46.3 Å². The molecule has 0 saturated carbocycles. The second kappa shape index (κ2) is 21.0. The minimum atomic E-state index is -1.06. The number of carbonyl (C=O) groups is 6. The number of allylic oxidation sites excluding steroid dienone is 8. The molecule has 0 aromatic heterocycles. The van der Waals surface area contributed by atoms with Gasteiger partial charge in [0.2, 0.25) is 0 Å². The van der Waals surface area contributed by atoms with Gasteiger partial charge in [0.25, 0.3) is 0 Å². The molecule has 5 atom stereocenters. The van der Waals surface area contributed by atoms with E-state index in [1.807, 2.05) is 20.8 Å². The Balaban J connectivity index is 1.77. The van der Waals surface area contributed by atoms with Crippen molar-refractivity contribution in [1.29, 1.82) is 0 Å². The summed E-state index contributed by atoms with van der Waals surface area (Å²) in [6.07, 6.45) is 14.1. The second-order valence-electron chi connectivity index (χ2n) is 17.7. The lowest BCUT2D eigenvalue weighted by Gasteiger charge is -2.46. The van der Waals surface area contributed by atoms with E-state index in [1.165, 1.54) is 40.2 Å². The molecule has 6 rings (SSSR count). The third-order valence-corrected chi connectivity index (χ3v) is 12.3. The Hall–Kier alpha value is -5.84. The largest absolute Gasteiger partial charge is 0.453 e. The molecule has 11 nitrogen and oxygen atoms in total. The number of fused-ring (bicyclic) bond motifs is 10. The van der Waals surface area contributed by atoms with E-state index in [2.05, 4.69) is 31.7 Å². The van der Waals surface area contributed by atoms with Crippen molar-refractivity contribution in [3.8, 4) is 23.0 Å². The van der Waals surface area contributed by atoms with E-state index >= 15 is 0 Å². The maximum absolute atomic E-state index is 14.2. The molecular weight excluding hydrogens is 801 g/mol. The van der Waals surface area contributed by atoms with Gasteiger partial charge >= 0.3 is 29.8 Å². The van der Waals surface area contributed by atoms with Crippen LogP contribution in [0.15, 0.2) is 83.0 Å². The molecule has 0 saturated heterocycles. The smallest absolute Gasteiger partial charge is 0.308 e. The van der Waals surface area contributed by atoms with Gasteiger partial charge in [0, 0.05) is 62.6 Å². The first-order valence-corrected chi connectivity index (χ1v) is 21.8. The molecule has 2 aromatic carbocycles. The number of benzene rings is 2. The van der Waals surface area contributed by atoms with Gasteiger partial charge in [-0.1, -0.05) is 52.7 Å². The summed E-state index contributed by atoms with van der Waals surface area (Å²) in [5.41, 5.74) is 6.35. The molecule has 4 aliphatic carbocycles. The summed E-state index contributed by atoms with van der Waals surface area (Å²) in [7, 11) is 0. The van der Waals surface area contributed by atoms with Crippen molar-refractivity contribution in [3.63, 3.8) is 0 Å². The fourth-order valence-electron chi connectivity index (χ4n) is 9.60. The number of carbonyl (C=O) groups excluding carboxylic acids is 6. The summed E-state index contributed by atoms with van der Waals surface area (Å²) in [4.78, 5) is 77.1. The van der Waals surface area contributed by atoms with Crippen molar-refractivity contribution in [2.75, 3.05) is 0 Å². The Labute approximate surface area is 371 Å². The molecule has 6 bridgehead atoms. The molecular formula is C52H62O11. The summed E-state index contributed by atoms with van der Waals surface area (Å²) in [6, 6.07) is 6.79. The van der Waals surface area contributed by atoms with Gasteiger partial charge in [0.1, 0.15) is 35.4 Å². The van der Waals surface area contributed by atoms with Crippen LogP contribution in [0.1, 0.15) is 148 Å². The summed E-state index contributed by atoms with van der Waals surface area (Å²) < 4.78 is 29.2. The number of hydrogen-bond donors (Lipinski definition) is 0. The highest BCUT2D eigenvalue weighted by Gasteiger charge is 2.47. The lowest BCUT2D eigenvalue weighted by Crippen LogP contribution is -2.43. The van der Waals surface area contributed by atoms with Gasteiger partial charge in [-0.2, -0.15) is 0 Å². The summed E-state index contributed by atoms with van der Waals surface area (Å²) in [6.45, 7) is 18.9. The number of esters is 5. The first-order valence-electron chi connectivity index (χ1n) is 21.8. The van der Waals surface area contributed by atoms with Crippen LogP contribution < -0.4 is 18.9 Å². The molecule has 0 N–H and O–H groups in total.